The van der Waals surface area contributed by atoms with Crippen molar-refractivity contribution in [1.29, 1.82) is 0 Å². The van der Waals surface area contributed by atoms with Gasteiger partial charge in [-0.25, -0.2) is 9.48 Å². The molecule has 1 aromatic heterocycles. The van der Waals surface area contributed by atoms with Crippen molar-refractivity contribution >= 4 is 6.03 Å². The quantitative estimate of drug-likeness (QED) is 0.689. The lowest BCUT2D eigenvalue weighted by Gasteiger charge is -2.47. The van der Waals surface area contributed by atoms with Gasteiger partial charge in [0.1, 0.15) is 5.54 Å². The van der Waals surface area contributed by atoms with E-state index in [4.69, 9.17) is 4.74 Å². The van der Waals surface area contributed by atoms with Crippen LogP contribution in [-0.2, 0) is 23.2 Å². The first kappa shape index (κ1) is 21.7. The third-order valence-corrected chi connectivity index (χ3v) is 6.46. The molecule has 1 N–H and O–H groups in total. The summed E-state index contributed by atoms with van der Waals surface area (Å²) in [5.74, 6) is 0.855. The van der Waals surface area contributed by atoms with Gasteiger partial charge in [0, 0.05) is 26.7 Å². The van der Waals surface area contributed by atoms with Gasteiger partial charge >= 0.3 is 6.03 Å². The van der Waals surface area contributed by atoms with Crippen molar-refractivity contribution < 1.29 is 9.53 Å². The lowest BCUT2D eigenvalue weighted by molar-refractivity contribution is 0.0255. The van der Waals surface area contributed by atoms with Crippen molar-refractivity contribution in [2.24, 2.45) is 0 Å². The van der Waals surface area contributed by atoms with Crippen molar-refractivity contribution in [3.63, 3.8) is 0 Å². The van der Waals surface area contributed by atoms with E-state index in [0.29, 0.717) is 26.2 Å². The molecule has 31 heavy (non-hydrogen) atoms. The molecule has 0 spiro atoms. The van der Waals surface area contributed by atoms with E-state index in [9.17, 15) is 4.79 Å². The highest BCUT2D eigenvalue weighted by Gasteiger charge is 2.47. The van der Waals surface area contributed by atoms with Crippen LogP contribution in [0.2, 0.25) is 0 Å². The SMILES string of the molecule is COCCn1nnnc1C1(N2CCCC2)CCCN(C(=O)NCCc2ccccc2)C1. The monoisotopic (exact) mass is 427 g/mol. The molecular weight excluding hydrogens is 394 g/mol. The number of carbonyl (C=O) groups is 1. The number of carbonyl (C=O) groups excluding carboxylic acids is 1. The lowest BCUT2D eigenvalue weighted by Crippen LogP contribution is -2.59. The average molecular weight is 428 g/mol. The summed E-state index contributed by atoms with van der Waals surface area (Å²) < 4.78 is 7.11. The van der Waals surface area contributed by atoms with E-state index in [1.807, 2.05) is 27.8 Å². The second-order valence-corrected chi connectivity index (χ2v) is 8.44. The number of methoxy groups -OCH3 is 1. The minimum Gasteiger partial charge on any atom is -0.383 e. The Morgan fingerprint density at radius 1 is 1.16 bits per heavy atom. The molecule has 0 radical (unpaired) electrons. The summed E-state index contributed by atoms with van der Waals surface area (Å²) in [7, 11) is 1.68. The molecule has 9 nitrogen and oxygen atoms in total. The number of hydrogen-bond acceptors (Lipinski definition) is 6. The van der Waals surface area contributed by atoms with Crippen molar-refractivity contribution in [1.82, 2.24) is 35.3 Å². The molecule has 2 amide bonds. The van der Waals surface area contributed by atoms with Crippen molar-refractivity contribution in [3.8, 4) is 0 Å². The number of piperidine rings is 1. The molecule has 168 valence electrons. The largest absolute Gasteiger partial charge is 0.383 e. The number of ether oxygens (including phenoxy) is 1. The number of benzene rings is 1. The predicted octanol–water partition coefficient (Wildman–Crippen LogP) is 1.66. The van der Waals surface area contributed by atoms with Crippen molar-refractivity contribution in [2.75, 3.05) is 46.4 Å². The molecule has 2 aliphatic rings. The standard InChI is InChI=1S/C22H33N7O2/c1-31-17-16-29-20(24-25-26-29)22(28-14-5-6-15-28)11-7-13-27(18-22)21(30)23-12-10-19-8-3-2-4-9-19/h2-4,8-9H,5-7,10-18H2,1H3,(H,23,30). The Labute approximate surface area is 183 Å². The van der Waals surface area contributed by atoms with Crippen LogP contribution in [-0.4, -0.2) is 82.5 Å². The number of hydrogen-bond donors (Lipinski definition) is 1. The Hall–Kier alpha value is -2.52. The van der Waals surface area contributed by atoms with Gasteiger partial charge in [-0.1, -0.05) is 30.3 Å². The maximum absolute atomic E-state index is 13.0. The third kappa shape index (κ3) is 4.88. The van der Waals surface area contributed by atoms with Gasteiger partial charge in [-0.2, -0.15) is 0 Å². The number of nitrogens with zero attached hydrogens (tertiary/aromatic N) is 6. The number of rotatable bonds is 8. The fourth-order valence-electron chi connectivity index (χ4n) is 4.87. The fourth-order valence-corrected chi connectivity index (χ4v) is 4.87. The van der Waals surface area contributed by atoms with Crippen LogP contribution in [0.3, 0.4) is 0 Å². The molecule has 1 aromatic carbocycles. The molecule has 2 aliphatic heterocycles. The third-order valence-electron chi connectivity index (χ3n) is 6.46. The Morgan fingerprint density at radius 3 is 2.74 bits per heavy atom. The van der Waals surface area contributed by atoms with Crippen LogP contribution in [0.4, 0.5) is 4.79 Å². The van der Waals surface area contributed by atoms with Gasteiger partial charge in [-0.05, 0) is 61.2 Å². The van der Waals surface area contributed by atoms with E-state index < -0.39 is 0 Å². The smallest absolute Gasteiger partial charge is 0.317 e. The first-order valence-corrected chi connectivity index (χ1v) is 11.3. The highest BCUT2D eigenvalue weighted by Crippen LogP contribution is 2.38. The van der Waals surface area contributed by atoms with Gasteiger partial charge < -0.3 is 15.0 Å². The average Bonchev–Trinajstić information content (AvgIpc) is 3.51. The summed E-state index contributed by atoms with van der Waals surface area (Å²) in [5, 5.41) is 15.8. The predicted molar refractivity (Wildman–Crippen MR) is 117 cm³/mol. The minimum atomic E-state index is -0.344. The maximum atomic E-state index is 13.0. The molecule has 3 heterocycles. The fraction of sp³-hybridized carbons (Fsp3) is 0.636. The zero-order valence-electron chi connectivity index (χ0n) is 18.4. The van der Waals surface area contributed by atoms with Crippen LogP contribution in [0.25, 0.3) is 0 Å². The summed E-state index contributed by atoms with van der Waals surface area (Å²) in [6.07, 6.45) is 5.05. The molecule has 0 aliphatic carbocycles. The summed E-state index contributed by atoms with van der Waals surface area (Å²) in [5.41, 5.74) is 0.883. The second-order valence-electron chi connectivity index (χ2n) is 8.44. The minimum absolute atomic E-state index is 0.00452. The van der Waals surface area contributed by atoms with Gasteiger partial charge in [-0.15, -0.1) is 5.10 Å². The number of aromatic nitrogens is 4. The molecule has 1 unspecified atom stereocenters. The Kier molecular flexibility index (Phi) is 7.14. The van der Waals surface area contributed by atoms with Gasteiger partial charge in [-0.3, -0.25) is 4.90 Å². The van der Waals surface area contributed by atoms with Crippen LogP contribution in [0, 0.1) is 0 Å². The highest BCUT2D eigenvalue weighted by atomic mass is 16.5. The molecule has 2 fully saturated rings. The Balaban J connectivity index is 1.47. The number of tetrazole rings is 1. The zero-order valence-corrected chi connectivity index (χ0v) is 18.4. The first-order chi connectivity index (χ1) is 15.2. The number of nitrogens with one attached hydrogen (secondary N) is 1. The summed E-state index contributed by atoms with van der Waals surface area (Å²) >= 11 is 0. The van der Waals surface area contributed by atoms with Crippen LogP contribution in [0.15, 0.2) is 30.3 Å². The highest BCUT2D eigenvalue weighted by molar-refractivity contribution is 5.74. The Morgan fingerprint density at radius 2 is 1.97 bits per heavy atom. The molecule has 1 atom stereocenters. The number of likely N-dealkylation sites (tertiary alicyclic amines) is 2. The van der Waals surface area contributed by atoms with Gasteiger partial charge in [0.25, 0.3) is 0 Å². The van der Waals surface area contributed by atoms with Gasteiger partial charge in [0.2, 0.25) is 0 Å². The molecular formula is C22H33N7O2. The van der Waals surface area contributed by atoms with Crippen LogP contribution in [0.5, 0.6) is 0 Å². The molecule has 4 rings (SSSR count). The normalized spacial score (nSPS) is 22.0. The van der Waals surface area contributed by atoms with E-state index in [2.05, 4.69) is 37.9 Å². The molecule has 0 saturated carbocycles. The van der Waals surface area contributed by atoms with E-state index >= 15 is 0 Å². The molecule has 9 heteroatoms. The van der Waals surface area contributed by atoms with E-state index in [1.54, 1.807) is 7.11 Å². The van der Waals surface area contributed by atoms with E-state index in [1.165, 1.54) is 18.4 Å². The van der Waals surface area contributed by atoms with E-state index in [0.717, 1.165) is 44.7 Å². The molecule has 2 saturated heterocycles. The van der Waals surface area contributed by atoms with Gasteiger partial charge in [0.05, 0.1) is 13.2 Å². The number of urea groups is 1. The Bertz CT molecular complexity index is 837. The second kappa shape index (κ2) is 10.2. The van der Waals surface area contributed by atoms with Crippen molar-refractivity contribution in [2.45, 2.75) is 44.2 Å². The topological polar surface area (TPSA) is 88.4 Å². The maximum Gasteiger partial charge on any atom is 0.317 e. The van der Waals surface area contributed by atoms with E-state index in [-0.39, 0.29) is 11.6 Å². The van der Waals surface area contributed by atoms with Crippen LogP contribution in [0.1, 0.15) is 37.1 Å². The first-order valence-electron chi connectivity index (χ1n) is 11.3. The number of amides is 2. The lowest BCUT2D eigenvalue weighted by atomic mass is 9.86. The molecule has 2 aromatic rings. The summed E-state index contributed by atoms with van der Waals surface area (Å²) in [6, 6.07) is 10.2. The van der Waals surface area contributed by atoms with Gasteiger partial charge in [0.15, 0.2) is 5.82 Å². The summed E-state index contributed by atoms with van der Waals surface area (Å²) in [4.78, 5) is 17.5. The van der Waals surface area contributed by atoms with Crippen LogP contribution >= 0.6 is 0 Å². The van der Waals surface area contributed by atoms with Crippen LogP contribution < -0.4 is 5.32 Å². The summed E-state index contributed by atoms with van der Waals surface area (Å²) in [6.45, 7) is 5.18. The van der Waals surface area contributed by atoms with Crippen molar-refractivity contribution in [3.05, 3.63) is 41.7 Å². The molecule has 0 bridgehead atoms. The zero-order chi connectivity index (χ0) is 21.5.